The molecule has 1 fully saturated rings. The van der Waals surface area contributed by atoms with E-state index in [0.717, 1.165) is 32.1 Å². The van der Waals surface area contributed by atoms with Crippen LogP contribution < -0.4 is 20.1 Å². The molecule has 2 aromatic rings. The van der Waals surface area contributed by atoms with Crippen LogP contribution in [-0.2, 0) is 0 Å². The summed E-state index contributed by atoms with van der Waals surface area (Å²) in [6.07, 6.45) is 8.02. The molecule has 1 aromatic carbocycles. The molecule has 3 rings (SSSR count). The second-order valence-electron chi connectivity index (χ2n) is 8.23. The molecule has 1 saturated heterocycles. The smallest absolute Gasteiger partial charge is 0.261 e. The largest absolute Gasteiger partial charge is 0.496 e. The van der Waals surface area contributed by atoms with Gasteiger partial charge >= 0.3 is 0 Å². The average molecular weight is 483 g/mol. The molecule has 1 aliphatic rings. The fourth-order valence-corrected chi connectivity index (χ4v) is 4.13. The van der Waals surface area contributed by atoms with E-state index in [1.165, 1.54) is 18.3 Å². The fraction of sp³-hybridized carbons (Fsp3) is 0.440. The van der Waals surface area contributed by atoms with Gasteiger partial charge in [0.05, 0.1) is 26.1 Å². The van der Waals surface area contributed by atoms with Crippen molar-refractivity contribution in [3.63, 3.8) is 0 Å². The molecular weight excluding hydrogens is 451 g/mol. The molecule has 0 bridgehead atoms. The number of guanidine groups is 1. The van der Waals surface area contributed by atoms with Crippen LogP contribution in [0.3, 0.4) is 0 Å². The quantitative estimate of drug-likeness (QED) is 0.140. The maximum Gasteiger partial charge on any atom is 0.261 e. The van der Waals surface area contributed by atoms with Crippen molar-refractivity contribution < 1.29 is 18.7 Å². The zero-order chi connectivity index (χ0) is 25.0. The molecule has 35 heavy (non-hydrogen) atoms. The Labute approximate surface area is 205 Å². The summed E-state index contributed by atoms with van der Waals surface area (Å²) in [5.74, 6) is 1.27. The highest BCUT2D eigenvalue weighted by Gasteiger charge is 2.27. The lowest BCUT2D eigenvalue weighted by Crippen LogP contribution is -2.38. The van der Waals surface area contributed by atoms with E-state index < -0.39 is 5.95 Å². The third-order valence-corrected chi connectivity index (χ3v) is 6.00. The number of hydrogen-bond acceptors (Lipinski definition) is 6. The van der Waals surface area contributed by atoms with Crippen LogP contribution in [0, 0.1) is 23.3 Å². The van der Waals surface area contributed by atoms with Crippen LogP contribution in [0.2, 0.25) is 0 Å². The van der Waals surface area contributed by atoms with Gasteiger partial charge in [0.2, 0.25) is 11.9 Å². The summed E-state index contributed by atoms with van der Waals surface area (Å²) in [4.78, 5) is 23.0. The lowest BCUT2D eigenvalue weighted by atomic mass is 9.91. The van der Waals surface area contributed by atoms with Crippen LogP contribution in [0.5, 0.6) is 11.5 Å². The predicted octanol–water partition coefficient (Wildman–Crippen LogP) is 3.80. The van der Waals surface area contributed by atoms with Crippen LogP contribution >= 0.6 is 0 Å². The summed E-state index contributed by atoms with van der Waals surface area (Å²) in [7, 11) is 3.11. The number of anilines is 1. The van der Waals surface area contributed by atoms with E-state index >= 15 is 0 Å². The van der Waals surface area contributed by atoms with Gasteiger partial charge in [0.25, 0.3) is 5.91 Å². The Bertz CT molecular complexity index is 1020. The predicted molar refractivity (Wildman–Crippen MR) is 131 cm³/mol. The molecule has 9 nitrogen and oxygen atoms in total. The number of carbonyl (C=O) groups is 1. The number of aromatic nitrogens is 1. The van der Waals surface area contributed by atoms with Crippen molar-refractivity contribution in [2.24, 2.45) is 10.9 Å². The van der Waals surface area contributed by atoms with Gasteiger partial charge in [0, 0.05) is 19.6 Å². The Kier molecular flexibility index (Phi) is 9.66. The Morgan fingerprint density at radius 2 is 1.91 bits per heavy atom. The average Bonchev–Trinajstić information content (AvgIpc) is 2.89. The molecule has 10 heteroatoms. The number of amides is 1. The summed E-state index contributed by atoms with van der Waals surface area (Å²) in [5.41, 5.74) is 1.01. The number of nitriles is 1. The number of benzene rings is 1. The van der Waals surface area contributed by atoms with Crippen LogP contribution in [0.25, 0.3) is 0 Å². The molecule has 0 aliphatic carbocycles. The molecule has 2 heterocycles. The normalized spacial score (nSPS) is 14.2. The molecule has 186 valence electrons. The van der Waals surface area contributed by atoms with Crippen molar-refractivity contribution in [3.05, 3.63) is 48.0 Å². The van der Waals surface area contributed by atoms with E-state index in [0.29, 0.717) is 54.3 Å². The number of nitrogens with one attached hydrogen (secondary N) is 2. The third-order valence-electron chi connectivity index (χ3n) is 6.00. The highest BCUT2D eigenvalue weighted by molar-refractivity contribution is 5.99. The van der Waals surface area contributed by atoms with Crippen molar-refractivity contribution in [2.75, 3.05) is 39.2 Å². The standard InChI is InChI=1S/C25H31FN6O3/c1-34-20-7-5-8-21(35-2)23(20)24(33)32-14-11-18(12-15-32)6-3-4-13-28-25(30-17-27)31-19-9-10-22(26)29-16-19/h5,7-10,16,18H,3-4,6,11-15H2,1-2H3,(H2,28,30,31). The zero-order valence-corrected chi connectivity index (χ0v) is 20.1. The van der Waals surface area contributed by atoms with Crippen molar-refractivity contribution in [3.8, 4) is 17.7 Å². The maximum absolute atomic E-state index is 13.1. The number of hydrogen-bond donors (Lipinski definition) is 2. The number of methoxy groups -OCH3 is 2. The monoisotopic (exact) mass is 482 g/mol. The van der Waals surface area contributed by atoms with Gasteiger partial charge in [0.15, 0.2) is 6.19 Å². The van der Waals surface area contributed by atoms with Crippen molar-refractivity contribution >= 4 is 17.6 Å². The number of likely N-dealkylation sites (tertiary alicyclic amines) is 1. The highest BCUT2D eigenvalue weighted by atomic mass is 19.1. The minimum Gasteiger partial charge on any atom is -0.496 e. The van der Waals surface area contributed by atoms with Crippen LogP contribution in [0.15, 0.2) is 41.5 Å². The number of carbonyl (C=O) groups excluding carboxylic acids is 1. The summed E-state index contributed by atoms with van der Waals surface area (Å²) < 4.78 is 23.7. The Morgan fingerprint density at radius 3 is 2.51 bits per heavy atom. The minimum absolute atomic E-state index is 0.0616. The molecular formula is C25H31FN6O3. The van der Waals surface area contributed by atoms with E-state index in [2.05, 4.69) is 20.6 Å². The lowest BCUT2D eigenvalue weighted by Gasteiger charge is -2.32. The number of halogens is 1. The lowest BCUT2D eigenvalue weighted by molar-refractivity contribution is 0.0679. The van der Waals surface area contributed by atoms with Gasteiger partial charge in [-0.3, -0.25) is 15.1 Å². The molecule has 0 radical (unpaired) electrons. The Morgan fingerprint density at radius 1 is 1.20 bits per heavy atom. The SMILES string of the molecule is COc1cccc(OC)c1C(=O)N1CCC(CCCCN=C(NC#N)Nc2ccc(F)nc2)CC1. The van der Waals surface area contributed by atoms with E-state index in [-0.39, 0.29) is 5.91 Å². The molecule has 0 atom stereocenters. The van der Waals surface area contributed by atoms with Gasteiger partial charge in [-0.05, 0) is 49.4 Å². The van der Waals surface area contributed by atoms with Crippen LogP contribution in [0.1, 0.15) is 42.5 Å². The second-order valence-corrected chi connectivity index (χ2v) is 8.23. The van der Waals surface area contributed by atoms with Crippen LogP contribution in [-0.4, -0.2) is 55.6 Å². The molecule has 0 unspecified atom stereocenters. The first kappa shape index (κ1) is 25.7. The van der Waals surface area contributed by atoms with Crippen LogP contribution in [0.4, 0.5) is 10.1 Å². The topological polar surface area (TPSA) is 112 Å². The van der Waals surface area contributed by atoms with Gasteiger partial charge in [0.1, 0.15) is 17.1 Å². The Hall–Kier alpha value is -3.87. The number of rotatable bonds is 9. The zero-order valence-electron chi connectivity index (χ0n) is 20.1. The van der Waals surface area contributed by atoms with Crippen molar-refractivity contribution in [2.45, 2.75) is 32.1 Å². The Balaban J connectivity index is 1.42. The molecule has 2 N–H and O–H groups in total. The molecule has 1 aromatic heterocycles. The van der Waals surface area contributed by atoms with Gasteiger partial charge in [-0.25, -0.2) is 4.98 Å². The van der Waals surface area contributed by atoms with E-state index in [1.54, 1.807) is 32.4 Å². The van der Waals surface area contributed by atoms with E-state index in [4.69, 9.17) is 14.7 Å². The number of pyridine rings is 1. The number of aliphatic imine (C=N–C) groups is 1. The summed E-state index contributed by atoms with van der Waals surface area (Å²) in [6.45, 7) is 1.96. The molecule has 1 amide bonds. The van der Waals surface area contributed by atoms with Gasteiger partial charge in [-0.15, -0.1) is 0 Å². The maximum atomic E-state index is 13.1. The summed E-state index contributed by atoms with van der Waals surface area (Å²) in [6, 6.07) is 8.11. The third kappa shape index (κ3) is 7.30. The summed E-state index contributed by atoms with van der Waals surface area (Å²) >= 11 is 0. The van der Waals surface area contributed by atoms with E-state index in [1.807, 2.05) is 11.1 Å². The molecule has 0 saturated carbocycles. The van der Waals surface area contributed by atoms with Gasteiger partial charge in [-0.1, -0.05) is 18.9 Å². The minimum atomic E-state index is -0.572. The molecule has 1 aliphatic heterocycles. The second kappa shape index (κ2) is 13.1. The number of piperidine rings is 1. The molecule has 0 spiro atoms. The van der Waals surface area contributed by atoms with Gasteiger partial charge in [-0.2, -0.15) is 9.65 Å². The number of unbranched alkanes of at least 4 members (excludes halogenated alkanes) is 1. The fourth-order valence-electron chi connectivity index (χ4n) is 4.13. The first-order valence-electron chi connectivity index (χ1n) is 11.6. The summed E-state index contributed by atoms with van der Waals surface area (Å²) in [5, 5.41) is 14.3. The van der Waals surface area contributed by atoms with Gasteiger partial charge < -0.3 is 19.7 Å². The van der Waals surface area contributed by atoms with Crippen molar-refractivity contribution in [1.29, 1.82) is 5.26 Å². The first-order valence-corrected chi connectivity index (χ1v) is 11.6. The number of nitrogens with zero attached hydrogens (tertiary/aromatic N) is 4. The first-order chi connectivity index (χ1) is 17.0. The highest BCUT2D eigenvalue weighted by Crippen LogP contribution is 2.31. The number of ether oxygens (including phenoxy) is 2. The van der Waals surface area contributed by atoms with Crippen molar-refractivity contribution in [1.82, 2.24) is 15.2 Å². The van der Waals surface area contributed by atoms with E-state index in [9.17, 15) is 9.18 Å².